The van der Waals surface area contributed by atoms with Gasteiger partial charge in [-0.15, -0.1) is 11.3 Å². The number of nitrogens with one attached hydrogen (secondary N) is 1. The molecule has 1 aromatic heterocycles. The second-order valence-corrected chi connectivity index (χ2v) is 6.23. The maximum Gasteiger partial charge on any atom is 0.275 e. The molecular formula is C15H21N3OS. The fourth-order valence-electron chi connectivity index (χ4n) is 2.48. The standard InChI is InChI=1S/C15H21N3OS/c1-11-5-3-6-12(2)18(11)17-15(19)14-9-8-13(20-14)7-4-10-16/h8-9,11-12H,3,5-6,10,16H2,1-2H3,(H,17,19). The van der Waals surface area contributed by atoms with E-state index in [0.29, 0.717) is 23.5 Å². The molecule has 1 fully saturated rings. The summed E-state index contributed by atoms with van der Waals surface area (Å²) in [6.07, 6.45) is 3.48. The Balaban J connectivity index is 2.02. The number of piperidine rings is 1. The summed E-state index contributed by atoms with van der Waals surface area (Å²) in [6.45, 7) is 4.65. The summed E-state index contributed by atoms with van der Waals surface area (Å²) in [7, 11) is 0. The summed E-state index contributed by atoms with van der Waals surface area (Å²) in [6, 6.07) is 4.46. The van der Waals surface area contributed by atoms with Crippen LogP contribution >= 0.6 is 11.3 Å². The van der Waals surface area contributed by atoms with Gasteiger partial charge in [0.2, 0.25) is 0 Å². The lowest BCUT2D eigenvalue weighted by Crippen LogP contribution is -2.53. The first-order valence-electron chi connectivity index (χ1n) is 7.00. The molecule has 0 saturated carbocycles. The van der Waals surface area contributed by atoms with E-state index >= 15 is 0 Å². The van der Waals surface area contributed by atoms with E-state index in [1.165, 1.54) is 17.8 Å². The van der Waals surface area contributed by atoms with Crippen LogP contribution in [-0.4, -0.2) is 29.5 Å². The number of amides is 1. The highest BCUT2D eigenvalue weighted by Crippen LogP contribution is 2.21. The fraction of sp³-hybridized carbons (Fsp3) is 0.533. The van der Waals surface area contributed by atoms with E-state index < -0.39 is 0 Å². The number of nitrogens with zero attached hydrogens (tertiary/aromatic N) is 1. The zero-order valence-electron chi connectivity index (χ0n) is 12.0. The van der Waals surface area contributed by atoms with E-state index in [2.05, 4.69) is 36.1 Å². The van der Waals surface area contributed by atoms with Gasteiger partial charge in [0.1, 0.15) is 0 Å². The van der Waals surface area contributed by atoms with E-state index in [-0.39, 0.29) is 5.91 Å². The van der Waals surface area contributed by atoms with Crippen molar-refractivity contribution in [3.8, 4) is 11.8 Å². The van der Waals surface area contributed by atoms with Gasteiger partial charge in [-0.25, -0.2) is 5.01 Å². The molecule has 2 unspecified atom stereocenters. The van der Waals surface area contributed by atoms with Crippen molar-refractivity contribution in [1.29, 1.82) is 0 Å². The molecule has 1 amide bonds. The number of carbonyl (C=O) groups is 1. The van der Waals surface area contributed by atoms with Crippen LogP contribution in [0.5, 0.6) is 0 Å². The summed E-state index contributed by atoms with van der Waals surface area (Å²) in [5.74, 6) is 5.70. The molecule has 2 rings (SSSR count). The monoisotopic (exact) mass is 291 g/mol. The normalized spacial score (nSPS) is 22.9. The number of carbonyl (C=O) groups excluding carboxylic acids is 1. The minimum atomic E-state index is -0.0450. The molecule has 0 bridgehead atoms. The first kappa shape index (κ1) is 15.0. The molecular weight excluding hydrogens is 270 g/mol. The first-order chi connectivity index (χ1) is 9.61. The zero-order chi connectivity index (χ0) is 14.5. The lowest BCUT2D eigenvalue weighted by molar-refractivity contribution is 0.0373. The van der Waals surface area contributed by atoms with E-state index in [9.17, 15) is 4.79 Å². The molecule has 0 aliphatic carbocycles. The van der Waals surface area contributed by atoms with Crippen molar-refractivity contribution in [3.63, 3.8) is 0 Å². The van der Waals surface area contributed by atoms with Gasteiger partial charge in [-0.2, -0.15) is 0 Å². The Kier molecular flexibility index (Phi) is 5.18. The van der Waals surface area contributed by atoms with Crippen molar-refractivity contribution in [2.45, 2.75) is 45.2 Å². The van der Waals surface area contributed by atoms with Crippen molar-refractivity contribution in [2.24, 2.45) is 5.73 Å². The summed E-state index contributed by atoms with van der Waals surface area (Å²) in [5, 5.41) is 2.08. The van der Waals surface area contributed by atoms with Gasteiger partial charge in [0, 0.05) is 12.1 Å². The molecule has 20 heavy (non-hydrogen) atoms. The van der Waals surface area contributed by atoms with Crippen LogP contribution < -0.4 is 11.2 Å². The first-order valence-corrected chi connectivity index (χ1v) is 7.81. The number of rotatable bonds is 2. The van der Waals surface area contributed by atoms with Crippen LogP contribution in [0.2, 0.25) is 0 Å². The van der Waals surface area contributed by atoms with Gasteiger partial charge in [0.05, 0.1) is 16.3 Å². The van der Waals surface area contributed by atoms with Gasteiger partial charge < -0.3 is 5.73 Å². The van der Waals surface area contributed by atoms with E-state index in [4.69, 9.17) is 5.73 Å². The van der Waals surface area contributed by atoms with Crippen molar-refractivity contribution < 1.29 is 4.79 Å². The number of hydrazine groups is 1. The third-order valence-electron chi connectivity index (χ3n) is 3.57. The zero-order valence-corrected chi connectivity index (χ0v) is 12.8. The lowest BCUT2D eigenvalue weighted by Gasteiger charge is -2.38. The van der Waals surface area contributed by atoms with Crippen LogP contribution in [0.4, 0.5) is 0 Å². The molecule has 2 atom stereocenters. The molecule has 1 aromatic rings. The highest BCUT2D eigenvalue weighted by atomic mass is 32.1. The molecule has 2 heterocycles. The molecule has 5 heteroatoms. The fourth-order valence-corrected chi connectivity index (χ4v) is 3.25. The Morgan fingerprint density at radius 1 is 1.45 bits per heavy atom. The van der Waals surface area contributed by atoms with Crippen LogP contribution in [-0.2, 0) is 0 Å². The average molecular weight is 291 g/mol. The highest BCUT2D eigenvalue weighted by molar-refractivity contribution is 7.14. The average Bonchev–Trinajstić information content (AvgIpc) is 2.89. The largest absolute Gasteiger partial charge is 0.320 e. The van der Waals surface area contributed by atoms with Gasteiger partial charge in [0.25, 0.3) is 5.91 Å². The molecule has 1 saturated heterocycles. The third-order valence-corrected chi connectivity index (χ3v) is 4.57. The van der Waals surface area contributed by atoms with Gasteiger partial charge in [-0.3, -0.25) is 10.2 Å². The maximum absolute atomic E-state index is 12.3. The Morgan fingerprint density at radius 2 is 2.15 bits per heavy atom. The minimum Gasteiger partial charge on any atom is -0.320 e. The molecule has 3 N–H and O–H groups in total. The SMILES string of the molecule is CC1CCCC(C)N1NC(=O)c1ccc(C#CCN)s1. The van der Waals surface area contributed by atoms with Crippen molar-refractivity contribution >= 4 is 17.2 Å². The van der Waals surface area contributed by atoms with Crippen LogP contribution in [0, 0.1) is 11.8 Å². The molecule has 4 nitrogen and oxygen atoms in total. The quantitative estimate of drug-likeness (QED) is 0.819. The topological polar surface area (TPSA) is 58.4 Å². The predicted octanol–water partition coefficient (Wildman–Crippen LogP) is 1.97. The van der Waals surface area contributed by atoms with E-state index in [1.807, 2.05) is 12.1 Å². The smallest absolute Gasteiger partial charge is 0.275 e. The molecule has 1 aliphatic rings. The van der Waals surface area contributed by atoms with Crippen molar-refractivity contribution in [2.75, 3.05) is 6.54 Å². The number of thiophene rings is 1. The van der Waals surface area contributed by atoms with Gasteiger partial charge in [-0.05, 0) is 38.8 Å². The Hall–Kier alpha value is -1.35. The Bertz CT molecular complexity index is 519. The number of hydrogen-bond donors (Lipinski definition) is 2. The summed E-state index contributed by atoms with van der Waals surface area (Å²) >= 11 is 1.40. The molecule has 1 aliphatic heterocycles. The number of hydrogen-bond acceptors (Lipinski definition) is 4. The molecule has 0 spiro atoms. The van der Waals surface area contributed by atoms with Gasteiger partial charge in [-0.1, -0.05) is 18.3 Å². The maximum atomic E-state index is 12.3. The van der Waals surface area contributed by atoms with Crippen LogP contribution in [0.15, 0.2) is 12.1 Å². The third kappa shape index (κ3) is 3.60. The van der Waals surface area contributed by atoms with Crippen molar-refractivity contribution in [1.82, 2.24) is 10.4 Å². The molecule has 108 valence electrons. The van der Waals surface area contributed by atoms with Crippen LogP contribution in [0.3, 0.4) is 0 Å². The van der Waals surface area contributed by atoms with Crippen LogP contribution in [0.1, 0.15) is 47.7 Å². The van der Waals surface area contributed by atoms with Crippen LogP contribution in [0.25, 0.3) is 0 Å². The van der Waals surface area contributed by atoms with Crippen molar-refractivity contribution in [3.05, 3.63) is 21.9 Å². The number of nitrogens with two attached hydrogens (primary N) is 1. The lowest BCUT2D eigenvalue weighted by atomic mass is 10.00. The van der Waals surface area contributed by atoms with Gasteiger partial charge in [0.15, 0.2) is 0 Å². The summed E-state index contributed by atoms with van der Waals surface area (Å²) in [5.41, 5.74) is 8.38. The second kappa shape index (κ2) is 6.89. The van der Waals surface area contributed by atoms with Gasteiger partial charge >= 0.3 is 0 Å². The second-order valence-electron chi connectivity index (χ2n) is 5.15. The Morgan fingerprint density at radius 3 is 2.80 bits per heavy atom. The predicted molar refractivity (Wildman–Crippen MR) is 82.3 cm³/mol. The molecule has 0 radical (unpaired) electrons. The minimum absolute atomic E-state index is 0.0450. The summed E-state index contributed by atoms with van der Waals surface area (Å²) in [4.78, 5) is 13.8. The van der Waals surface area contributed by atoms with E-state index in [0.717, 1.165) is 17.7 Å². The molecule has 0 aromatic carbocycles. The Labute approximate surface area is 124 Å². The van der Waals surface area contributed by atoms with E-state index in [1.54, 1.807) is 0 Å². The highest BCUT2D eigenvalue weighted by Gasteiger charge is 2.26. The summed E-state index contributed by atoms with van der Waals surface area (Å²) < 4.78 is 0.